The van der Waals surface area contributed by atoms with E-state index in [1.165, 1.54) is 17.3 Å². The van der Waals surface area contributed by atoms with Crippen molar-refractivity contribution in [2.45, 2.75) is 18.6 Å². The fourth-order valence-corrected chi connectivity index (χ4v) is 2.33. The van der Waals surface area contributed by atoms with Crippen LogP contribution in [0.15, 0.2) is 29.3 Å². The molecule has 1 aliphatic heterocycles. The summed E-state index contributed by atoms with van der Waals surface area (Å²) >= 11 is 1.35. The predicted molar refractivity (Wildman–Crippen MR) is 62.9 cm³/mol. The Morgan fingerprint density at radius 3 is 2.60 bits per heavy atom. The van der Waals surface area contributed by atoms with Gasteiger partial charge in [0.05, 0.1) is 5.25 Å². The summed E-state index contributed by atoms with van der Waals surface area (Å²) in [7, 11) is 0. The number of amidine groups is 1. The number of rotatable bonds is 2. The first-order chi connectivity index (χ1) is 7.15. The van der Waals surface area contributed by atoms with Gasteiger partial charge in [-0.3, -0.25) is 4.79 Å². The normalized spacial score (nSPS) is 20.5. The van der Waals surface area contributed by atoms with Gasteiger partial charge in [-0.1, -0.05) is 41.6 Å². The third-order valence-corrected chi connectivity index (χ3v) is 3.29. The third-order valence-electron chi connectivity index (χ3n) is 2.30. The zero-order chi connectivity index (χ0) is 10.8. The maximum absolute atomic E-state index is 11.4. The number of aryl methyl sites for hydroxylation is 1. The fraction of sp³-hybridized carbons (Fsp3) is 0.273. The number of carbonyl (C=O) groups is 1. The van der Waals surface area contributed by atoms with Gasteiger partial charge < -0.3 is 5.73 Å². The van der Waals surface area contributed by atoms with Crippen LogP contribution in [0.4, 0.5) is 0 Å². The first-order valence-electron chi connectivity index (χ1n) is 4.75. The van der Waals surface area contributed by atoms with Gasteiger partial charge in [-0.15, -0.1) is 0 Å². The highest BCUT2D eigenvalue weighted by Crippen LogP contribution is 2.23. The van der Waals surface area contributed by atoms with Crippen LogP contribution in [-0.2, 0) is 11.2 Å². The molecule has 0 aromatic heterocycles. The van der Waals surface area contributed by atoms with Crippen LogP contribution in [0.1, 0.15) is 11.1 Å². The SMILES string of the molecule is Cc1ccc(C[C@@H]2SC(N)=NC2=O)cc1. The van der Waals surface area contributed by atoms with Crippen LogP contribution in [0.3, 0.4) is 0 Å². The highest BCUT2D eigenvalue weighted by atomic mass is 32.2. The first kappa shape index (κ1) is 10.2. The minimum absolute atomic E-state index is 0.113. The van der Waals surface area contributed by atoms with Gasteiger partial charge in [0.25, 0.3) is 5.91 Å². The van der Waals surface area contributed by atoms with E-state index in [2.05, 4.69) is 4.99 Å². The topological polar surface area (TPSA) is 55.4 Å². The zero-order valence-electron chi connectivity index (χ0n) is 8.43. The Balaban J connectivity index is 2.04. The van der Waals surface area contributed by atoms with Crippen molar-refractivity contribution in [1.82, 2.24) is 0 Å². The molecular weight excluding hydrogens is 208 g/mol. The van der Waals surface area contributed by atoms with Crippen LogP contribution in [-0.4, -0.2) is 16.3 Å². The fourth-order valence-electron chi connectivity index (χ4n) is 1.47. The van der Waals surface area contributed by atoms with Crippen LogP contribution in [0.2, 0.25) is 0 Å². The largest absolute Gasteiger partial charge is 0.378 e. The highest BCUT2D eigenvalue weighted by Gasteiger charge is 2.26. The highest BCUT2D eigenvalue weighted by molar-refractivity contribution is 8.15. The van der Waals surface area contributed by atoms with E-state index >= 15 is 0 Å². The summed E-state index contributed by atoms with van der Waals surface area (Å²) in [4.78, 5) is 15.1. The van der Waals surface area contributed by atoms with Gasteiger partial charge in [-0.2, -0.15) is 4.99 Å². The molecule has 1 aromatic rings. The van der Waals surface area contributed by atoms with Gasteiger partial charge in [-0.05, 0) is 18.9 Å². The molecule has 3 nitrogen and oxygen atoms in total. The van der Waals surface area contributed by atoms with Gasteiger partial charge in [-0.25, -0.2) is 0 Å². The van der Waals surface area contributed by atoms with Crippen molar-refractivity contribution in [3.8, 4) is 0 Å². The Hall–Kier alpha value is -1.29. The average Bonchev–Trinajstić information content (AvgIpc) is 2.49. The van der Waals surface area contributed by atoms with Crippen molar-refractivity contribution in [3.05, 3.63) is 35.4 Å². The molecule has 1 aromatic carbocycles. The van der Waals surface area contributed by atoms with Gasteiger partial charge in [0.15, 0.2) is 5.17 Å². The number of nitrogens with zero attached hydrogens (tertiary/aromatic N) is 1. The molecule has 0 bridgehead atoms. The summed E-state index contributed by atoms with van der Waals surface area (Å²) in [6.45, 7) is 2.04. The lowest BCUT2D eigenvalue weighted by Gasteiger charge is -2.06. The predicted octanol–water partition coefficient (Wildman–Crippen LogP) is 1.49. The number of nitrogens with two attached hydrogens (primary N) is 1. The van der Waals surface area contributed by atoms with Crippen molar-refractivity contribution < 1.29 is 4.79 Å². The summed E-state index contributed by atoms with van der Waals surface area (Å²) in [6.07, 6.45) is 0.702. The van der Waals surface area contributed by atoms with E-state index in [1.54, 1.807) is 0 Å². The lowest BCUT2D eigenvalue weighted by Crippen LogP contribution is -2.14. The molecule has 2 rings (SSSR count). The van der Waals surface area contributed by atoms with E-state index in [-0.39, 0.29) is 11.2 Å². The lowest BCUT2D eigenvalue weighted by molar-refractivity contribution is -0.117. The Morgan fingerprint density at radius 1 is 1.40 bits per heavy atom. The van der Waals surface area contributed by atoms with Gasteiger partial charge in [0.2, 0.25) is 0 Å². The summed E-state index contributed by atoms with van der Waals surface area (Å²) in [5.41, 5.74) is 7.86. The zero-order valence-corrected chi connectivity index (χ0v) is 9.25. The molecule has 0 saturated heterocycles. The van der Waals surface area contributed by atoms with Gasteiger partial charge >= 0.3 is 0 Å². The molecule has 0 radical (unpaired) electrons. The summed E-state index contributed by atoms with van der Waals surface area (Å²) < 4.78 is 0. The molecule has 2 N–H and O–H groups in total. The number of amides is 1. The molecule has 0 saturated carbocycles. The van der Waals surface area contributed by atoms with Crippen LogP contribution >= 0.6 is 11.8 Å². The van der Waals surface area contributed by atoms with Crippen LogP contribution in [0.25, 0.3) is 0 Å². The summed E-state index contributed by atoms with van der Waals surface area (Å²) in [5.74, 6) is -0.113. The van der Waals surface area contributed by atoms with Crippen molar-refractivity contribution in [1.29, 1.82) is 0 Å². The Morgan fingerprint density at radius 2 is 2.07 bits per heavy atom. The van der Waals surface area contributed by atoms with E-state index in [1.807, 2.05) is 31.2 Å². The van der Waals surface area contributed by atoms with E-state index in [9.17, 15) is 4.79 Å². The van der Waals surface area contributed by atoms with Crippen LogP contribution in [0.5, 0.6) is 0 Å². The van der Waals surface area contributed by atoms with E-state index < -0.39 is 0 Å². The molecule has 78 valence electrons. The van der Waals surface area contributed by atoms with Crippen LogP contribution < -0.4 is 5.73 Å². The number of benzene rings is 1. The second kappa shape index (κ2) is 4.06. The molecular formula is C11H12N2OS. The number of carbonyl (C=O) groups excluding carboxylic acids is 1. The van der Waals surface area contributed by atoms with Crippen molar-refractivity contribution >= 4 is 22.8 Å². The molecule has 1 atom stereocenters. The molecule has 1 heterocycles. The van der Waals surface area contributed by atoms with E-state index in [0.717, 1.165) is 5.56 Å². The number of hydrogen-bond donors (Lipinski definition) is 1. The maximum atomic E-state index is 11.4. The molecule has 4 heteroatoms. The van der Waals surface area contributed by atoms with Crippen molar-refractivity contribution in [3.63, 3.8) is 0 Å². The molecule has 15 heavy (non-hydrogen) atoms. The quantitative estimate of drug-likeness (QED) is 0.821. The first-order valence-corrected chi connectivity index (χ1v) is 5.63. The monoisotopic (exact) mass is 220 g/mol. The molecule has 1 amide bonds. The summed E-state index contributed by atoms with van der Waals surface area (Å²) in [5, 5.41) is 0.254. The Kier molecular flexibility index (Phi) is 2.77. The smallest absolute Gasteiger partial charge is 0.261 e. The minimum atomic E-state index is -0.132. The number of thioether (sulfide) groups is 1. The number of aliphatic imine (C=N–C) groups is 1. The molecule has 0 aliphatic carbocycles. The third kappa shape index (κ3) is 2.39. The Labute approximate surface area is 92.8 Å². The van der Waals surface area contributed by atoms with E-state index in [0.29, 0.717) is 11.6 Å². The lowest BCUT2D eigenvalue weighted by atomic mass is 10.1. The summed E-state index contributed by atoms with van der Waals surface area (Å²) in [6, 6.07) is 8.17. The minimum Gasteiger partial charge on any atom is -0.378 e. The van der Waals surface area contributed by atoms with Gasteiger partial charge in [0, 0.05) is 0 Å². The average molecular weight is 220 g/mol. The second-order valence-corrected chi connectivity index (χ2v) is 4.81. The molecule has 0 unspecified atom stereocenters. The second-order valence-electron chi connectivity index (χ2n) is 3.58. The maximum Gasteiger partial charge on any atom is 0.261 e. The Bertz CT molecular complexity index is 411. The van der Waals surface area contributed by atoms with E-state index in [4.69, 9.17) is 5.73 Å². The van der Waals surface area contributed by atoms with Gasteiger partial charge in [0.1, 0.15) is 0 Å². The van der Waals surface area contributed by atoms with Crippen molar-refractivity contribution in [2.24, 2.45) is 10.7 Å². The molecule has 0 spiro atoms. The van der Waals surface area contributed by atoms with Crippen molar-refractivity contribution in [2.75, 3.05) is 0 Å². The molecule has 1 aliphatic rings. The standard InChI is InChI=1S/C11H12N2OS/c1-7-2-4-8(5-3-7)6-9-10(14)13-11(12)15-9/h2-5,9H,6H2,1H3,(H2,12,13,14)/t9-/m0/s1. The number of hydrogen-bond acceptors (Lipinski definition) is 3. The van der Waals surface area contributed by atoms with Crippen LogP contribution in [0, 0.1) is 6.92 Å². The molecule has 0 fully saturated rings.